The van der Waals surface area contributed by atoms with Gasteiger partial charge in [0, 0.05) is 25.0 Å². The van der Waals surface area contributed by atoms with Gasteiger partial charge in [0.2, 0.25) is 11.8 Å². The van der Waals surface area contributed by atoms with Gasteiger partial charge in [-0.3, -0.25) is 9.59 Å². The summed E-state index contributed by atoms with van der Waals surface area (Å²) in [5.41, 5.74) is 2.60. The average Bonchev–Trinajstić information content (AvgIpc) is 2.68. The van der Waals surface area contributed by atoms with Crippen LogP contribution in [0.3, 0.4) is 0 Å². The second-order valence-electron chi connectivity index (χ2n) is 6.04. The fraction of sp³-hybridized carbons (Fsp3) is 0.286. The Morgan fingerprint density at radius 1 is 1.11 bits per heavy atom. The van der Waals surface area contributed by atoms with Crippen LogP contribution >= 0.6 is 11.8 Å². The lowest BCUT2D eigenvalue weighted by Gasteiger charge is -2.18. The summed E-state index contributed by atoms with van der Waals surface area (Å²) in [4.78, 5) is 23.7. The zero-order valence-electron chi connectivity index (χ0n) is 15.3. The summed E-state index contributed by atoms with van der Waals surface area (Å²) in [7, 11) is 0. The highest BCUT2D eigenvalue weighted by atomic mass is 32.2. The first kappa shape index (κ1) is 20.5. The normalized spacial score (nSPS) is 11.3. The summed E-state index contributed by atoms with van der Waals surface area (Å²) in [5.74, 6) is 1.22. The van der Waals surface area contributed by atoms with Crippen LogP contribution in [0.1, 0.15) is 36.1 Å². The Bertz CT molecular complexity index is 803. The molecule has 0 unspecified atom stereocenters. The lowest BCUT2D eigenvalue weighted by molar-refractivity contribution is -0.122. The van der Waals surface area contributed by atoms with Gasteiger partial charge >= 0.3 is 0 Å². The van der Waals surface area contributed by atoms with Crippen molar-refractivity contribution in [3.63, 3.8) is 0 Å². The molecule has 0 bridgehead atoms. The van der Waals surface area contributed by atoms with Gasteiger partial charge in [0.15, 0.2) is 0 Å². The topological polar surface area (TPSA) is 82.0 Å². The largest absolute Gasteiger partial charge is 0.355 e. The third-order valence-electron chi connectivity index (χ3n) is 3.93. The minimum absolute atomic E-state index is 0.101. The second kappa shape index (κ2) is 11.0. The van der Waals surface area contributed by atoms with E-state index in [1.807, 2.05) is 54.6 Å². The fourth-order valence-corrected chi connectivity index (χ4v) is 3.50. The minimum Gasteiger partial charge on any atom is -0.355 e. The molecule has 2 aromatic carbocycles. The number of nitrogens with zero attached hydrogens (tertiary/aromatic N) is 1. The van der Waals surface area contributed by atoms with E-state index in [9.17, 15) is 9.59 Å². The van der Waals surface area contributed by atoms with E-state index in [4.69, 9.17) is 5.26 Å². The quantitative estimate of drug-likeness (QED) is 0.654. The van der Waals surface area contributed by atoms with E-state index < -0.39 is 0 Å². The number of nitrogens with one attached hydrogen (secondary N) is 2. The number of carbonyl (C=O) groups excluding carboxylic acids is 2. The van der Waals surface area contributed by atoms with Gasteiger partial charge in [0.05, 0.1) is 24.1 Å². The van der Waals surface area contributed by atoms with E-state index in [-0.39, 0.29) is 24.3 Å². The van der Waals surface area contributed by atoms with Gasteiger partial charge in [-0.15, -0.1) is 0 Å². The lowest BCUT2D eigenvalue weighted by Crippen LogP contribution is -2.33. The summed E-state index contributed by atoms with van der Waals surface area (Å²) in [6.07, 6.45) is 0.200. The Balaban J connectivity index is 1.76. The molecule has 0 aromatic heterocycles. The van der Waals surface area contributed by atoms with Crippen molar-refractivity contribution in [1.29, 1.82) is 5.26 Å². The number of rotatable bonds is 9. The molecule has 27 heavy (non-hydrogen) atoms. The van der Waals surface area contributed by atoms with E-state index in [0.29, 0.717) is 12.1 Å². The predicted molar refractivity (Wildman–Crippen MR) is 108 cm³/mol. The Morgan fingerprint density at radius 2 is 1.81 bits per heavy atom. The van der Waals surface area contributed by atoms with Crippen molar-refractivity contribution >= 4 is 23.6 Å². The Hall–Kier alpha value is -2.78. The van der Waals surface area contributed by atoms with Crippen molar-refractivity contribution in [1.82, 2.24) is 10.6 Å². The smallest absolute Gasteiger partial charge is 0.222 e. The van der Waals surface area contributed by atoms with E-state index in [1.54, 1.807) is 11.8 Å². The molecule has 0 saturated carbocycles. The monoisotopic (exact) mass is 381 g/mol. The molecule has 2 aromatic rings. The first-order valence-electron chi connectivity index (χ1n) is 8.74. The van der Waals surface area contributed by atoms with Gasteiger partial charge in [-0.25, -0.2) is 0 Å². The third kappa shape index (κ3) is 7.16. The number of amides is 2. The molecule has 5 nitrogen and oxygen atoms in total. The summed E-state index contributed by atoms with van der Waals surface area (Å²) >= 11 is 1.67. The molecule has 140 valence electrons. The van der Waals surface area contributed by atoms with Gasteiger partial charge in [-0.2, -0.15) is 17.0 Å². The van der Waals surface area contributed by atoms with Crippen LogP contribution in [0.2, 0.25) is 0 Å². The first-order valence-corrected chi connectivity index (χ1v) is 9.90. The summed E-state index contributed by atoms with van der Waals surface area (Å²) in [6.45, 7) is 1.99. The van der Waals surface area contributed by atoms with E-state index in [2.05, 4.69) is 16.7 Å². The van der Waals surface area contributed by atoms with E-state index in [1.165, 1.54) is 6.92 Å². The molecule has 0 fully saturated rings. The standard InChI is InChI=1S/C21H23N3O2S/c1-16(25)24-20(17-7-3-2-4-8-17)13-21(26)23-11-12-27-15-19-10-6-5-9-18(19)14-22/h2-10,20H,11-13,15H2,1H3,(H,23,26)(H,24,25)/t20-/m1/s1. The minimum atomic E-state index is -0.334. The fourth-order valence-electron chi connectivity index (χ4n) is 2.64. The molecule has 0 spiro atoms. The van der Waals surface area contributed by atoms with Crippen LogP contribution in [0.5, 0.6) is 0 Å². The van der Waals surface area contributed by atoms with Crippen LogP contribution in [0.4, 0.5) is 0 Å². The molecule has 0 aliphatic rings. The number of thioether (sulfide) groups is 1. The maximum Gasteiger partial charge on any atom is 0.222 e. The summed E-state index contributed by atoms with van der Waals surface area (Å²) in [5, 5.41) is 14.8. The van der Waals surface area contributed by atoms with Gasteiger partial charge in [-0.1, -0.05) is 48.5 Å². The number of benzene rings is 2. The van der Waals surface area contributed by atoms with Gasteiger partial charge < -0.3 is 10.6 Å². The SMILES string of the molecule is CC(=O)N[C@H](CC(=O)NCCSCc1ccccc1C#N)c1ccccc1. The van der Waals surface area contributed by atoms with Crippen LogP contribution in [-0.4, -0.2) is 24.1 Å². The molecule has 2 N–H and O–H groups in total. The van der Waals surface area contributed by atoms with Crippen LogP contribution in [0, 0.1) is 11.3 Å². The first-order chi connectivity index (χ1) is 13.1. The van der Waals surface area contributed by atoms with Crippen molar-refractivity contribution < 1.29 is 9.59 Å². The predicted octanol–water partition coefficient (Wildman–Crippen LogP) is 3.18. The lowest BCUT2D eigenvalue weighted by atomic mass is 10.0. The molecule has 0 saturated heterocycles. The molecule has 1 atom stereocenters. The third-order valence-corrected chi connectivity index (χ3v) is 4.94. The molecular weight excluding hydrogens is 358 g/mol. The van der Waals surface area contributed by atoms with Crippen LogP contribution in [0.25, 0.3) is 0 Å². The van der Waals surface area contributed by atoms with Crippen LogP contribution in [-0.2, 0) is 15.3 Å². The summed E-state index contributed by atoms with van der Waals surface area (Å²) in [6, 6.07) is 18.9. The highest BCUT2D eigenvalue weighted by Crippen LogP contribution is 2.17. The Kier molecular flexibility index (Phi) is 8.40. The number of carbonyl (C=O) groups is 2. The molecule has 2 amide bonds. The zero-order chi connectivity index (χ0) is 19.5. The maximum absolute atomic E-state index is 12.2. The van der Waals surface area contributed by atoms with Gasteiger partial charge in [-0.05, 0) is 17.2 Å². The van der Waals surface area contributed by atoms with Crippen molar-refractivity contribution in [3.05, 3.63) is 71.3 Å². The van der Waals surface area contributed by atoms with Crippen molar-refractivity contribution in [2.45, 2.75) is 25.1 Å². The van der Waals surface area contributed by atoms with Gasteiger partial charge in [0.25, 0.3) is 0 Å². The number of hydrogen-bond acceptors (Lipinski definition) is 4. The molecule has 6 heteroatoms. The molecule has 0 radical (unpaired) electrons. The number of nitriles is 1. The highest BCUT2D eigenvalue weighted by molar-refractivity contribution is 7.98. The Morgan fingerprint density at radius 3 is 2.52 bits per heavy atom. The molecule has 0 heterocycles. The Labute approximate surface area is 164 Å². The molecule has 0 aliphatic heterocycles. The second-order valence-corrected chi connectivity index (χ2v) is 7.14. The molecule has 0 aliphatic carbocycles. The van der Waals surface area contributed by atoms with Crippen molar-refractivity contribution in [2.75, 3.05) is 12.3 Å². The zero-order valence-corrected chi connectivity index (χ0v) is 16.1. The van der Waals surface area contributed by atoms with Crippen LogP contribution < -0.4 is 10.6 Å². The maximum atomic E-state index is 12.2. The number of hydrogen-bond donors (Lipinski definition) is 2. The van der Waals surface area contributed by atoms with Crippen LogP contribution in [0.15, 0.2) is 54.6 Å². The van der Waals surface area contributed by atoms with Crippen molar-refractivity contribution in [2.24, 2.45) is 0 Å². The molecular formula is C21H23N3O2S. The van der Waals surface area contributed by atoms with Gasteiger partial charge in [0.1, 0.15) is 0 Å². The van der Waals surface area contributed by atoms with E-state index in [0.717, 1.165) is 22.6 Å². The highest BCUT2D eigenvalue weighted by Gasteiger charge is 2.16. The summed E-state index contributed by atoms with van der Waals surface area (Å²) < 4.78 is 0. The average molecular weight is 382 g/mol. The molecule has 2 rings (SSSR count). The van der Waals surface area contributed by atoms with Crippen molar-refractivity contribution in [3.8, 4) is 6.07 Å². The van der Waals surface area contributed by atoms with E-state index >= 15 is 0 Å².